The standard InChI is InChI=1S/C35H32ClN3O4/c1-6-30(34(40)39-29-17-22(4)26(36)19-31(29)42-5)43-35(41)25-15-16-27-28(18-25)38-33(24-13-9-21(3)10-14-24)32(37-27)23-11-7-20(2)8-12-23/h7-19,30H,6H2,1-5H3,(H,39,40). The predicted molar refractivity (Wildman–Crippen MR) is 171 cm³/mol. The molecule has 218 valence electrons. The Labute approximate surface area is 255 Å². The molecule has 1 aromatic heterocycles. The first-order valence-corrected chi connectivity index (χ1v) is 14.4. The second kappa shape index (κ2) is 12.6. The molecular formula is C35H32ClN3O4. The van der Waals surface area contributed by atoms with Gasteiger partial charge in [0.25, 0.3) is 5.91 Å². The van der Waals surface area contributed by atoms with Crippen molar-refractivity contribution in [2.75, 3.05) is 12.4 Å². The van der Waals surface area contributed by atoms with Crippen molar-refractivity contribution < 1.29 is 19.1 Å². The number of nitrogens with zero attached hydrogens (tertiary/aromatic N) is 2. The summed E-state index contributed by atoms with van der Waals surface area (Å²) < 4.78 is 11.0. The van der Waals surface area contributed by atoms with Crippen molar-refractivity contribution in [3.8, 4) is 28.3 Å². The minimum atomic E-state index is -1.03. The number of amides is 1. The van der Waals surface area contributed by atoms with Gasteiger partial charge in [0.15, 0.2) is 6.10 Å². The molecule has 0 fully saturated rings. The molecule has 0 saturated heterocycles. The van der Waals surface area contributed by atoms with Crippen molar-refractivity contribution in [2.24, 2.45) is 0 Å². The second-order valence-electron chi connectivity index (χ2n) is 10.4. The zero-order chi connectivity index (χ0) is 30.7. The van der Waals surface area contributed by atoms with Crippen LogP contribution in [0.25, 0.3) is 33.5 Å². The van der Waals surface area contributed by atoms with E-state index < -0.39 is 18.0 Å². The highest BCUT2D eigenvalue weighted by molar-refractivity contribution is 6.31. The van der Waals surface area contributed by atoms with Crippen molar-refractivity contribution in [3.05, 3.63) is 106 Å². The number of aryl methyl sites for hydroxylation is 3. The van der Waals surface area contributed by atoms with Gasteiger partial charge in [0.05, 0.1) is 40.8 Å². The fraction of sp³-hybridized carbons (Fsp3) is 0.200. The maximum atomic E-state index is 13.3. The Morgan fingerprint density at radius 1 is 0.814 bits per heavy atom. The zero-order valence-corrected chi connectivity index (χ0v) is 25.5. The summed E-state index contributed by atoms with van der Waals surface area (Å²) in [5.41, 5.74) is 8.28. The molecule has 0 aliphatic heterocycles. The largest absolute Gasteiger partial charge is 0.495 e. The summed E-state index contributed by atoms with van der Waals surface area (Å²) in [6, 6.07) is 24.6. The van der Waals surface area contributed by atoms with Gasteiger partial charge in [-0.25, -0.2) is 14.8 Å². The summed E-state index contributed by atoms with van der Waals surface area (Å²) in [5, 5.41) is 3.32. The molecule has 5 aromatic rings. The van der Waals surface area contributed by atoms with Crippen molar-refractivity contribution >= 4 is 40.2 Å². The number of anilines is 1. The average molecular weight is 594 g/mol. The van der Waals surface area contributed by atoms with Crippen LogP contribution in [-0.4, -0.2) is 35.1 Å². The predicted octanol–water partition coefficient (Wildman–Crippen LogP) is 8.13. The molecular weight excluding hydrogens is 562 g/mol. The molecule has 1 atom stereocenters. The van der Waals surface area contributed by atoms with Gasteiger partial charge in [-0.05, 0) is 57.0 Å². The Balaban J connectivity index is 1.45. The van der Waals surface area contributed by atoms with Crippen LogP contribution in [0, 0.1) is 20.8 Å². The van der Waals surface area contributed by atoms with Gasteiger partial charge in [-0.2, -0.15) is 0 Å². The SMILES string of the molecule is CCC(OC(=O)c1ccc2nc(-c3ccc(C)cc3)c(-c3ccc(C)cc3)nc2c1)C(=O)Nc1cc(C)c(Cl)cc1OC. The number of carbonyl (C=O) groups excluding carboxylic acids is 2. The number of rotatable bonds is 8. The molecule has 1 amide bonds. The van der Waals surface area contributed by atoms with Gasteiger partial charge in [0, 0.05) is 22.2 Å². The van der Waals surface area contributed by atoms with E-state index in [0.29, 0.717) is 33.2 Å². The molecule has 1 unspecified atom stereocenters. The molecule has 1 heterocycles. The van der Waals surface area contributed by atoms with E-state index in [-0.39, 0.29) is 12.0 Å². The van der Waals surface area contributed by atoms with Crippen molar-refractivity contribution in [2.45, 2.75) is 40.2 Å². The monoisotopic (exact) mass is 593 g/mol. The minimum Gasteiger partial charge on any atom is -0.495 e. The van der Waals surface area contributed by atoms with Gasteiger partial charge in [-0.15, -0.1) is 0 Å². The third kappa shape index (κ3) is 6.52. The Kier molecular flexibility index (Phi) is 8.73. The fourth-order valence-electron chi connectivity index (χ4n) is 4.67. The number of hydrogen-bond acceptors (Lipinski definition) is 6. The lowest BCUT2D eigenvalue weighted by molar-refractivity contribution is -0.124. The number of nitrogens with one attached hydrogen (secondary N) is 1. The topological polar surface area (TPSA) is 90.4 Å². The molecule has 0 spiro atoms. The third-order valence-electron chi connectivity index (χ3n) is 7.20. The van der Waals surface area contributed by atoms with Crippen LogP contribution in [0.15, 0.2) is 78.9 Å². The number of halogens is 1. The zero-order valence-electron chi connectivity index (χ0n) is 24.7. The van der Waals surface area contributed by atoms with E-state index in [1.807, 2.05) is 69.3 Å². The van der Waals surface area contributed by atoms with Crippen molar-refractivity contribution in [1.29, 1.82) is 0 Å². The summed E-state index contributed by atoms with van der Waals surface area (Å²) >= 11 is 6.19. The van der Waals surface area contributed by atoms with Gasteiger partial charge >= 0.3 is 5.97 Å². The van der Waals surface area contributed by atoms with Gasteiger partial charge in [-0.1, -0.05) is 78.2 Å². The Morgan fingerprint density at radius 2 is 1.40 bits per heavy atom. The molecule has 5 rings (SSSR count). The summed E-state index contributed by atoms with van der Waals surface area (Å²) in [5.74, 6) is -0.696. The highest BCUT2D eigenvalue weighted by atomic mass is 35.5. The normalized spacial score (nSPS) is 11.7. The molecule has 0 aliphatic carbocycles. The number of benzene rings is 4. The molecule has 8 heteroatoms. The molecule has 0 radical (unpaired) electrons. The van der Waals surface area contributed by atoms with Crippen molar-refractivity contribution in [3.63, 3.8) is 0 Å². The van der Waals surface area contributed by atoms with E-state index in [4.69, 9.17) is 31.0 Å². The molecule has 4 aromatic carbocycles. The number of methoxy groups -OCH3 is 1. The van der Waals surface area contributed by atoms with Crippen LogP contribution in [0.2, 0.25) is 5.02 Å². The first kappa shape index (κ1) is 29.7. The van der Waals surface area contributed by atoms with Gasteiger partial charge in [0.2, 0.25) is 0 Å². The number of ether oxygens (including phenoxy) is 2. The molecule has 0 aliphatic rings. The number of aromatic nitrogens is 2. The average Bonchev–Trinajstić information content (AvgIpc) is 3.01. The number of fused-ring (bicyclic) bond motifs is 1. The smallest absolute Gasteiger partial charge is 0.338 e. The van der Waals surface area contributed by atoms with E-state index >= 15 is 0 Å². The summed E-state index contributed by atoms with van der Waals surface area (Å²) in [6.45, 7) is 7.67. The molecule has 1 N–H and O–H groups in total. The Morgan fingerprint density at radius 3 is 1.95 bits per heavy atom. The molecule has 7 nitrogen and oxygen atoms in total. The highest BCUT2D eigenvalue weighted by Crippen LogP contribution is 2.33. The molecule has 0 bridgehead atoms. The Hall–Kier alpha value is -4.75. The number of hydrogen-bond donors (Lipinski definition) is 1. The highest BCUT2D eigenvalue weighted by Gasteiger charge is 2.24. The first-order valence-electron chi connectivity index (χ1n) is 14.0. The van der Waals surface area contributed by atoms with Crippen LogP contribution in [0.5, 0.6) is 5.75 Å². The molecule has 43 heavy (non-hydrogen) atoms. The number of carbonyl (C=O) groups is 2. The Bertz CT molecular complexity index is 1820. The van der Waals surface area contributed by atoms with E-state index in [0.717, 1.165) is 33.5 Å². The quantitative estimate of drug-likeness (QED) is 0.183. The summed E-state index contributed by atoms with van der Waals surface area (Å²) in [7, 11) is 1.49. The van der Waals surface area contributed by atoms with E-state index in [9.17, 15) is 9.59 Å². The van der Waals surface area contributed by atoms with Crippen LogP contribution < -0.4 is 10.1 Å². The maximum Gasteiger partial charge on any atom is 0.338 e. The second-order valence-corrected chi connectivity index (χ2v) is 10.9. The van der Waals surface area contributed by atoms with Crippen LogP contribution in [0.3, 0.4) is 0 Å². The van der Waals surface area contributed by atoms with Gasteiger partial charge in [-0.3, -0.25) is 4.79 Å². The van der Waals surface area contributed by atoms with E-state index in [1.165, 1.54) is 7.11 Å². The maximum absolute atomic E-state index is 13.3. The lowest BCUT2D eigenvalue weighted by Gasteiger charge is -2.18. The van der Waals surface area contributed by atoms with Crippen LogP contribution in [-0.2, 0) is 9.53 Å². The van der Waals surface area contributed by atoms with Crippen LogP contribution in [0.4, 0.5) is 5.69 Å². The fourth-order valence-corrected chi connectivity index (χ4v) is 4.82. The van der Waals surface area contributed by atoms with Crippen LogP contribution in [0.1, 0.15) is 40.4 Å². The van der Waals surface area contributed by atoms with Gasteiger partial charge < -0.3 is 14.8 Å². The summed E-state index contributed by atoms with van der Waals surface area (Å²) in [6.07, 6.45) is -0.751. The van der Waals surface area contributed by atoms with Crippen molar-refractivity contribution in [1.82, 2.24) is 9.97 Å². The molecule has 0 saturated carbocycles. The first-order chi connectivity index (χ1) is 20.7. The van der Waals surface area contributed by atoms with E-state index in [1.54, 1.807) is 37.3 Å². The van der Waals surface area contributed by atoms with Crippen LogP contribution >= 0.6 is 11.6 Å². The summed E-state index contributed by atoms with van der Waals surface area (Å²) in [4.78, 5) is 36.3. The van der Waals surface area contributed by atoms with E-state index in [2.05, 4.69) is 5.32 Å². The minimum absolute atomic E-state index is 0.269. The number of esters is 1. The lowest BCUT2D eigenvalue weighted by Crippen LogP contribution is -2.32. The third-order valence-corrected chi connectivity index (χ3v) is 7.61. The lowest BCUT2D eigenvalue weighted by atomic mass is 10.0. The van der Waals surface area contributed by atoms with Gasteiger partial charge in [0.1, 0.15) is 5.75 Å².